The molecule has 5 nitrogen and oxygen atoms in total. The Labute approximate surface area is 310 Å². The number of nitrogens with zero attached hydrogens (tertiary/aromatic N) is 4. The van der Waals surface area contributed by atoms with Crippen LogP contribution in [0.1, 0.15) is 122 Å². The van der Waals surface area contributed by atoms with Crippen molar-refractivity contribution in [2.75, 3.05) is 0 Å². The van der Waals surface area contributed by atoms with Gasteiger partial charge in [-0.2, -0.15) is 5.10 Å². The van der Waals surface area contributed by atoms with E-state index in [1.807, 2.05) is 6.20 Å². The van der Waals surface area contributed by atoms with Gasteiger partial charge >= 0.3 is 0 Å². The van der Waals surface area contributed by atoms with Crippen LogP contribution in [0.2, 0.25) is 0 Å². The SMILES string of the molecule is CCCCc1ccnc(-n2c3ccccc3c3ccc(Oc4cc(-n5nc(C)c([C@H]6C(C)=CCC[C@@H]6C)c5C(C)(C)C)cc(C(C)(C)C)c4)cc32)c1. The van der Waals surface area contributed by atoms with Crippen LogP contribution in [0.15, 0.2) is 90.6 Å². The molecule has 52 heavy (non-hydrogen) atoms. The fraction of sp³-hybridized carbons (Fsp3) is 0.404. The second-order valence-corrected chi connectivity index (χ2v) is 17.2. The van der Waals surface area contributed by atoms with Crippen LogP contribution >= 0.6 is 0 Å². The van der Waals surface area contributed by atoms with Crippen LogP contribution in [0.5, 0.6) is 11.5 Å². The standard InChI is InChI=1S/C47H56N4O/c1-11-12-18-33-23-24-48-42(25-33)50-40-20-14-13-19-38(40)39-22-21-36(29-41(39)50)52-37-27-34(46(5,6)7)26-35(28-37)51-45(47(8,9)10)44(32(4)49-51)43-30(2)16-15-17-31(43)3/h13-14,16,19-29,31,43H,11-12,15,17-18H2,1-10H3/t31-,43-/m0/s1. The summed E-state index contributed by atoms with van der Waals surface area (Å²) in [5, 5.41) is 7.71. The molecule has 6 aromatic rings. The summed E-state index contributed by atoms with van der Waals surface area (Å²) in [5.74, 6) is 3.48. The maximum atomic E-state index is 6.88. The van der Waals surface area contributed by atoms with Crippen molar-refractivity contribution >= 4 is 21.8 Å². The van der Waals surface area contributed by atoms with Crippen LogP contribution in [0.25, 0.3) is 33.3 Å². The monoisotopic (exact) mass is 692 g/mol. The van der Waals surface area contributed by atoms with Crippen molar-refractivity contribution in [3.63, 3.8) is 0 Å². The molecule has 270 valence electrons. The highest BCUT2D eigenvalue weighted by molar-refractivity contribution is 6.09. The lowest BCUT2D eigenvalue weighted by Gasteiger charge is -2.32. The zero-order chi connectivity index (χ0) is 36.9. The van der Waals surface area contributed by atoms with Crippen molar-refractivity contribution in [1.29, 1.82) is 0 Å². The van der Waals surface area contributed by atoms with Crippen LogP contribution in [0.4, 0.5) is 0 Å². The first-order valence-electron chi connectivity index (χ1n) is 19.3. The predicted molar refractivity (Wildman–Crippen MR) is 218 cm³/mol. The van der Waals surface area contributed by atoms with Crippen LogP contribution < -0.4 is 4.74 Å². The van der Waals surface area contributed by atoms with E-state index < -0.39 is 0 Å². The number of hydrogen-bond acceptors (Lipinski definition) is 3. The number of pyridine rings is 1. The Morgan fingerprint density at radius 3 is 2.33 bits per heavy atom. The summed E-state index contributed by atoms with van der Waals surface area (Å²) in [4.78, 5) is 4.88. The van der Waals surface area contributed by atoms with Gasteiger partial charge in [0.2, 0.25) is 0 Å². The first-order chi connectivity index (χ1) is 24.7. The van der Waals surface area contributed by atoms with Gasteiger partial charge in [0.1, 0.15) is 17.3 Å². The summed E-state index contributed by atoms with van der Waals surface area (Å²) >= 11 is 0. The molecular weight excluding hydrogens is 637 g/mol. The van der Waals surface area contributed by atoms with Gasteiger partial charge in [0.25, 0.3) is 0 Å². The van der Waals surface area contributed by atoms with Crippen molar-refractivity contribution in [2.24, 2.45) is 5.92 Å². The third-order valence-electron chi connectivity index (χ3n) is 11.0. The molecule has 1 aliphatic carbocycles. The molecule has 0 N–H and O–H groups in total. The Hall–Kier alpha value is -4.64. The summed E-state index contributed by atoms with van der Waals surface area (Å²) in [5.41, 5.74) is 10.8. The molecule has 0 fully saturated rings. The molecule has 5 heteroatoms. The normalized spacial score (nSPS) is 16.8. The van der Waals surface area contributed by atoms with Crippen molar-refractivity contribution in [3.8, 4) is 23.0 Å². The van der Waals surface area contributed by atoms with Gasteiger partial charge in [-0.05, 0) is 104 Å². The number of aryl methyl sites for hydroxylation is 2. The summed E-state index contributed by atoms with van der Waals surface area (Å²) in [6.45, 7) is 22.9. The zero-order valence-electron chi connectivity index (χ0n) is 33.0. The van der Waals surface area contributed by atoms with Crippen molar-refractivity contribution in [1.82, 2.24) is 19.3 Å². The van der Waals surface area contributed by atoms with Crippen LogP contribution in [-0.4, -0.2) is 19.3 Å². The van der Waals surface area contributed by atoms with E-state index in [1.54, 1.807) is 0 Å². The van der Waals surface area contributed by atoms with Crippen molar-refractivity contribution in [2.45, 2.75) is 118 Å². The number of ether oxygens (including phenoxy) is 1. The molecule has 0 spiro atoms. The minimum atomic E-state index is -0.118. The molecule has 0 saturated carbocycles. The quantitative estimate of drug-likeness (QED) is 0.149. The average molecular weight is 693 g/mol. The van der Waals surface area contributed by atoms with Gasteiger partial charge in [0.15, 0.2) is 0 Å². The molecule has 3 heterocycles. The Balaban J connectivity index is 1.36. The largest absolute Gasteiger partial charge is 0.457 e. The Kier molecular flexibility index (Phi) is 9.44. The Morgan fingerprint density at radius 1 is 0.827 bits per heavy atom. The molecule has 3 aromatic carbocycles. The number of benzene rings is 3. The van der Waals surface area contributed by atoms with Gasteiger partial charge in [-0.25, -0.2) is 9.67 Å². The predicted octanol–water partition coefficient (Wildman–Crippen LogP) is 12.9. The van der Waals surface area contributed by atoms with E-state index in [0.717, 1.165) is 59.0 Å². The minimum absolute atomic E-state index is 0.0942. The van der Waals surface area contributed by atoms with E-state index in [9.17, 15) is 0 Å². The Bertz CT molecular complexity index is 2290. The van der Waals surface area contributed by atoms with E-state index in [0.29, 0.717) is 11.8 Å². The van der Waals surface area contributed by atoms with E-state index in [2.05, 4.69) is 157 Å². The molecule has 7 rings (SSSR count). The molecule has 1 aliphatic rings. The number of para-hydroxylation sites is 1. The fourth-order valence-electron chi connectivity index (χ4n) is 8.36. The Morgan fingerprint density at radius 2 is 1.60 bits per heavy atom. The lowest BCUT2D eigenvalue weighted by atomic mass is 9.72. The summed E-state index contributed by atoms with van der Waals surface area (Å²) in [6, 6.07) is 26.2. The number of aromatic nitrogens is 4. The first-order valence-corrected chi connectivity index (χ1v) is 19.3. The molecule has 0 saturated heterocycles. The van der Waals surface area contributed by atoms with Gasteiger partial charge in [-0.3, -0.25) is 4.57 Å². The highest BCUT2D eigenvalue weighted by atomic mass is 16.5. The van der Waals surface area contributed by atoms with E-state index >= 15 is 0 Å². The van der Waals surface area contributed by atoms with Gasteiger partial charge in [-0.1, -0.05) is 91.7 Å². The van der Waals surface area contributed by atoms with Crippen molar-refractivity contribution < 1.29 is 4.74 Å². The molecule has 0 unspecified atom stereocenters. The van der Waals surface area contributed by atoms with Gasteiger partial charge in [0, 0.05) is 46.0 Å². The number of allylic oxidation sites excluding steroid dienone is 2. The lowest BCUT2D eigenvalue weighted by Crippen LogP contribution is -2.24. The first kappa shape index (κ1) is 35.7. The smallest absolute Gasteiger partial charge is 0.137 e. The molecule has 2 atom stereocenters. The third kappa shape index (κ3) is 6.71. The second-order valence-electron chi connectivity index (χ2n) is 17.2. The minimum Gasteiger partial charge on any atom is -0.457 e. The summed E-state index contributed by atoms with van der Waals surface area (Å²) in [7, 11) is 0. The number of hydrogen-bond donors (Lipinski definition) is 0. The van der Waals surface area contributed by atoms with Crippen molar-refractivity contribution in [3.05, 3.63) is 119 Å². The molecule has 0 radical (unpaired) electrons. The summed E-state index contributed by atoms with van der Waals surface area (Å²) in [6.07, 6.45) is 10.1. The number of unbranched alkanes of at least 4 members (excludes halogenated alkanes) is 1. The maximum absolute atomic E-state index is 6.88. The third-order valence-corrected chi connectivity index (χ3v) is 11.0. The average Bonchev–Trinajstić information content (AvgIpc) is 3.61. The molecule has 3 aromatic heterocycles. The number of rotatable bonds is 8. The maximum Gasteiger partial charge on any atom is 0.137 e. The van der Waals surface area contributed by atoms with E-state index in [4.69, 9.17) is 14.8 Å². The molecule has 0 amide bonds. The molecular formula is C47H56N4O. The van der Waals surface area contributed by atoms with Crippen LogP contribution in [-0.2, 0) is 17.3 Å². The fourth-order valence-corrected chi connectivity index (χ4v) is 8.36. The molecule has 0 bridgehead atoms. The van der Waals surface area contributed by atoms with Crippen LogP contribution in [0, 0.1) is 12.8 Å². The summed E-state index contributed by atoms with van der Waals surface area (Å²) < 4.78 is 11.4. The number of fused-ring (bicyclic) bond motifs is 3. The van der Waals surface area contributed by atoms with Gasteiger partial charge in [-0.15, -0.1) is 0 Å². The highest BCUT2D eigenvalue weighted by Crippen LogP contribution is 2.45. The highest BCUT2D eigenvalue weighted by Gasteiger charge is 2.35. The van der Waals surface area contributed by atoms with E-state index in [1.165, 1.54) is 51.6 Å². The second kappa shape index (κ2) is 13.7. The molecule has 0 aliphatic heterocycles. The van der Waals surface area contributed by atoms with Crippen LogP contribution in [0.3, 0.4) is 0 Å². The van der Waals surface area contributed by atoms with Gasteiger partial charge in [0.05, 0.1) is 28.1 Å². The van der Waals surface area contributed by atoms with Gasteiger partial charge < -0.3 is 4.74 Å². The van der Waals surface area contributed by atoms with E-state index in [-0.39, 0.29) is 10.8 Å². The zero-order valence-corrected chi connectivity index (χ0v) is 33.0. The topological polar surface area (TPSA) is 44.9 Å². The lowest BCUT2D eigenvalue weighted by molar-refractivity contribution is 0.437.